The second kappa shape index (κ2) is 7.08. The standard InChI is InChI=1S/C15H25F2N3O4/c1-9-5-18-10(6-19(9)14(22)24-15(2,3)4)7-20-11(12(16)17)8-23-13(20)21/h9-12,18H,5-8H2,1-4H3/t9-,10-,11+/m1/s1. The van der Waals surface area contributed by atoms with E-state index in [0.29, 0.717) is 6.54 Å². The number of hydrogen-bond acceptors (Lipinski definition) is 5. The Morgan fingerprint density at radius 3 is 2.71 bits per heavy atom. The quantitative estimate of drug-likeness (QED) is 0.839. The molecular weight excluding hydrogens is 324 g/mol. The first kappa shape index (κ1) is 18.7. The van der Waals surface area contributed by atoms with Crippen molar-refractivity contribution in [3.8, 4) is 0 Å². The fourth-order valence-electron chi connectivity index (χ4n) is 2.75. The van der Waals surface area contributed by atoms with Crippen LogP contribution in [0.15, 0.2) is 0 Å². The van der Waals surface area contributed by atoms with E-state index in [1.165, 1.54) is 0 Å². The number of nitrogens with zero attached hydrogens (tertiary/aromatic N) is 2. The number of carbonyl (C=O) groups is 2. The van der Waals surface area contributed by atoms with E-state index in [4.69, 9.17) is 9.47 Å². The van der Waals surface area contributed by atoms with E-state index < -0.39 is 30.3 Å². The van der Waals surface area contributed by atoms with Crippen LogP contribution in [-0.2, 0) is 9.47 Å². The lowest BCUT2D eigenvalue weighted by Gasteiger charge is -2.40. The van der Waals surface area contributed by atoms with Gasteiger partial charge in [0, 0.05) is 31.7 Å². The Labute approximate surface area is 140 Å². The minimum Gasteiger partial charge on any atom is -0.447 e. The van der Waals surface area contributed by atoms with Crippen LogP contribution in [0.4, 0.5) is 18.4 Å². The van der Waals surface area contributed by atoms with Gasteiger partial charge in [-0.15, -0.1) is 0 Å². The van der Waals surface area contributed by atoms with Crippen LogP contribution < -0.4 is 5.32 Å². The Balaban J connectivity index is 1.99. The number of ether oxygens (including phenoxy) is 2. The molecule has 1 N–H and O–H groups in total. The maximum absolute atomic E-state index is 13.0. The summed E-state index contributed by atoms with van der Waals surface area (Å²) in [4.78, 5) is 26.6. The molecule has 0 saturated carbocycles. The molecule has 2 aliphatic heterocycles. The largest absolute Gasteiger partial charge is 0.447 e. The van der Waals surface area contributed by atoms with Crippen molar-refractivity contribution in [2.75, 3.05) is 26.2 Å². The van der Waals surface area contributed by atoms with Crippen LogP contribution in [0.3, 0.4) is 0 Å². The molecule has 2 aliphatic rings. The second-order valence-electron chi connectivity index (χ2n) is 7.22. The van der Waals surface area contributed by atoms with Gasteiger partial charge in [0.25, 0.3) is 6.43 Å². The van der Waals surface area contributed by atoms with E-state index in [1.54, 1.807) is 25.7 Å². The number of carbonyl (C=O) groups excluding carboxylic acids is 2. The number of halogens is 2. The fraction of sp³-hybridized carbons (Fsp3) is 0.867. The van der Waals surface area contributed by atoms with E-state index in [0.717, 1.165) is 4.90 Å². The molecule has 7 nitrogen and oxygen atoms in total. The molecule has 138 valence electrons. The van der Waals surface area contributed by atoms with Crippen LogP contribution in [0.25, 0.3) is 0 Å². The van der Waals surface area contributed by atoms with Crippen molar-refractivity contribution in [1.82, 2.24) is 15.1 Å². The van der Waals surface area contributed by atoms with Gasteiger partial charge >= 0.3 is 12.2 Å². The third-order valence-electron chi connectivity index (χ3n) is 4.00. The van der Waals surface area contributed by atoms with Crippen LogP contribution in [0.2, 0.25) is 0 Å². The first-order valence-electron chi connectivity index (χ1n) is 8.03. The number of alkyl halides is 2. The molecule has 2 saturated heterocycles. The molecular formula is C15H25F2N3O4. The van der Waals surface area contributed by atoms with Gasteiger partial charge in [-0.05, 0) is 27.7 Å². The normalized spacial score (nSPS) is 28.3. The summed E-state index contributed by atoms with van der Waals surface area (Å²) in [5, 5.41) is 3.18. The Morgan fingerprint density at radius 2 is 2.12 bits per heavy atom. The zero-order chi connectivity index (χ0) is 18.1. The molecule has 0 spiro atoms. The van der Waals surface area contributed by atoms with Crippen molar-refractivity contribution in [2.24, 2.45) is 0 Å². The van der Waals surface area contributed by atoms with Crippen molar-refractivity contribution in [3.63, 3.8) is 0 Å². The predicted octanol–water partition coefficient (Wildman–Crippen LogP) is 1.67. The lowest BCUT2D eigenvalue weighted by Crippen LogP contribution is -2.61. The summed E-state index contributed by atoms with van der Waals surface area (Å²) in [6, 6.07) is -1.65. The number of hydrogen-bond donors (Lipinski definition) is 1. The molecule has 24 heavy (non-hydrogen) atoms. The van der Waals surface area contributed by atoms with Gasteiger partial charge in [0.1, 0.15) is 18.2 Å². The van der Waals surface area contributed by atoms with Gasteiger partial charge in [-0.2, -0.15) is 0 Å². The van der Waals surface area contributed by atoms with E-state index in [1.807, 2.05) is 6.92 Å². The van der Waals surface area contributed by atoms with E-state index in [2.05, 4.69) is 5.32 Å². The van der Waals surface area contributed by atoms with Gasteiger partial charge in [0.05, 0.1) is 0 Å². The second-order valence-corrected chi connectivity index (χ2v) is 7.22. The number of cyclic esters (lactones) is 1. The van der Waals surface area contributed by atoms with Crippen molar-refractivity contribution < 1.29 is 27.8 Å². The molecule has 0 bridgehead atoms. The minimum atomic E-state index is -2.67. The minimum absolute atomic E-state index is 0.0554. The lowest BCUT2D eigenvalue weighted by atomic mass is 10.1. The molecule has 9 heteroatoms. The summed E-state index contributed by atoms with van der Waals surface area (Å²) in [7, 11) is 0. The van der Waals surface area contributed by atoms with Crippen LogP contribution in [-0.4, -0.2) is 78.4 Å². The Kier molecular flexibility index (Phi) is 5.52. The number of nitrogens with one attached hydrogen (secondary N) is 1. The molecule has 0 aliphatic carbocycles. The summed E-state index contributed by atoms with van der Waals surface area (Å²) in [5.41, 5.74) is -0.614. The first-order chi connectivity index (χ1) is 11.1. The third kappa shape index (κ3) is 4.46. The number of amides is 2. The molecule has 2 fully saturated rings. The Hall–Kier alpha value is -1.64. The van der Waals surface area contributed by atoms with Gasteiger partial charge in [-0.1, -0.05) is 0 Å². The highest BCUT2D eigenvalue weighted by Gasteiger charge is 2.41. The molecule has 0 radical (unpaired) electrons. The third-order valence-corrected chi connectivity index (χ3v) is 4.00. The molecule has 0 aromatic heterocycles. The Morgan fingerprint density at radius 1 is 1.46 bits per heavy atom. The predicted molar refractivity (Wildman–Crippen MR) is 82.0 cm³/mol. The molecule has 0 unspecified atom stereocenters. The first-order valence-corrected chi connectivity index (χ1v) is 8.03. The molecule has 2 rings (SSSR count). The molecule has 0 aromatic carbocycles. The van der Waals surface area contributed by atoms with Crippen LogP contribution in [0, 0.1) is 0 Å². The fourth-order valence-corrected chi connectivity index (χ4v) is 2.75. The highest BCUT2D eigenvalue weighted by Crippen LogP contribution is 2.21. The SMILES string of the molecule is C[C@@H]1CN[C@@H](CN2C(=O)OC[C@H]2C(F)F)CN1C(=O)OC(C)(C)C. The zero-order valence-corrected chi connectivity index (χ0v) is 14.4. The van der Waals surface area contributed by atoms with Crippen LogP contribution >= 0.6 is 0 Å². The number of rotatable bonds is 3. The van der Waals surface area contributed by atoms with E-state index in [9.17, 15) is 18.4 Å². The van der Waals surface area contributed by atoms with Gasteiger partial charge in [-0.3, -0.25) is 4.90 Å². The highest BCUT2D eigenvalue weighted by atomic mass is 19.3. The van der Waals surface area contributed by atoms with E-state index in [-0.39, 0.29) is 31.8 Å². The molecule has 0 aromatic rings. The topological polar surface area (TPSA) is 71.1 Å². The zero-order valence-electron chi connectivity index (χ0n) is 14.4. The lowest BCUT2D eigenvalue weighted by molar-refractivity contribution is 0.00605. The van der Waals surface area contributed by atoms with Gasteiger partial charge in [-0.25, -0.2) is 18.4 Å². The van der Waals surface area contributed by atoms with Gasteiger partial charge < -0.3 is 19.7 Å². The molecule has 2 heterocycles. The van der Waals surface area contributed by atoms with Crippen LogP contribution in [0.5, 0.6) is 0 Å². The average molecular weight is 349 g/mol. The monoisotopic (exact) mass is 349 g/mol. The maximum atomic E-state index is 13.0. The molecule has 2 amide bonds. The average Bonchev–Trinajstić information content (AvgIpc) is 2.80. The smallest absolute Gasteiger partial charge is 0.410 e. The van der Waals surface area contributed by atoms with Crippen molar-refractivity contribution in [3.05, 3.63) is 0 Å². The highest BCUT2D eigenvalue weighted by molar-refractivity contribution is 5.70. The van der Waals surface area contributed by atoms with Crippen LogP contribution in [0.1, 0.15) is 27.7 Å². The maximum Gasteiger partial charge on any atom is 0.410 e. The van der Waals surface area contributed by atoms with Crippen molar-refractivity contribution >= 4 is 12.2 Å². The summed E-state index contributed by atoms with van der Waals surface area (Å²) in [6.45, 7) is 7.73. The summed E-state index contributed by atoms with van der Waals surface area (Å²) < 4.78 is 36.1. The molecule has 3 atom stereocenters. The Bertz CT molecular complexity index is 484. The van der Waals surface area contributed by atoms with Gasteiger partial charge in [0.15, 0.2) is 0 Å². The summed E-state index contributed by atoms with van der Waals surface area (Å²) >= 11 is 0. The van der Waals surface area contributed by atoms with E-state index >= 15 is 0 Å². The number of piperazine rings is 1. The summed E-state index contributed by atoms with van der Waals surface area (Å²) in [6.07, 6.45) is -3.86. The summed E-state index contributed by atoms with van der Waals surface area (Å²) in [5.74, 6) is 0. The van der Waals surface area contributed by atoms with Crippen molar-refractivity contribution in [2.45, 2.75) is 57.8 Å². The van der Waals surface area contributed by atoms with Gasteiger partial charge in [0.2, 0.25) is 0 Å². The van der Waals surface area contributed by atoms with Crippen molar-refractivity contribution in [1.29, 1.82) is 0 Å².